The number of thiazole rings is 1. The van der Waals surface area contributed by atoms with E-state index in [9.17, 15) is 13.2 Å². The van der Waals surface area contributed by atoms with E-state index in [1.165, 1.54) is 17.7 Å². The van der Waals surface area contributed by atoms with E-state index in [0.29, 0.717) is 13.1 Å². The Balaban J connectivity index is 1.55. The second-order valence-electron chi connectivity index (χ2n) is 5.78. The molecule has 0 radical (unpaired) electrons. The maximum absolute atomic E-state index is 12.5. The van der Waals surface area contributed by atoms with Gasteiger partial charge in [0.05, 0.1) is 10.4 Å². The minimum atomic E-state index is -4.29. The summed E-state index contributed by atoms with van der Waals surface area (Å²) < 4.78 is 37.6. The van der Waals surface area contributed by atoms with Crippen molar-refractivity contribution in [3.05, 3.63) is 76.4 Å². The maximum atomic E-state index is 12.5. The molecule has 3 rings (SSSR count). The summed E-state index contributed by atoms with van der Waals surface area (Å²) in [5.41, 5.74) is 2.53. The standard InChI is InChI=1S/C19H17F3N2S/c1-13-2-6-15(7-3-13)17-11-24-18(25-17)12-23-10-14-4-8-16(9-5-14)19(20,21)22/h2-9,11,23H,10,12H2,1H3. The molecule has 0 unspecified atom stereocenters. The first-order valence-electron chi connectivity index (χ1n) is 7.80. The van der Waals surface area contributed by atoms with Gasteiger partial charge in [-0.25, -0.2) is 4.98 Å². The molecular weight excluding hydrogens is 345 g/mol. The lowest BCUT2D eigenvalue weighted by molar-refractivity contribution is -0.137. The first-order chi connectivity index (χ1) is 11.9. The second kappa shape index (κ2) is 7.37. The molecule has 0 aliphatic rings. The molecule has 3 aromatic rings. The van der Waals surface area contributed by atoms with Gasteiger partial charge in [-0.15, -0.1) is 11.3 Å². The van der Waals surface area contributed by atoms with E-state index in [-0.39, 0.29) is 0 Å². The first kappa shape index (κ1) is 17.6. The number of alkyl halides is 3. The molecule has 0 aliphatic carbocycles. The molecule has 1 aromatic heterocycles. The largest absolute Gasteiger partial charge is 0.416 e. The van der Waals surface area contributed by atoms with Crippen LogP contribution in [0.2, 0.25) is 0 Å². The smallest absolute Gasteiger partial charge is 0.306 e. The van der Waals surface area contributed by atoms with Gasteiger partial charge in [0.25, 0.3) is 0 Å². The SMILES string of the molecule is Cc1ccc(-c2cnc(CNCc3ccc(C(F)(F)F)cc3)s2)cc1. The van der Waals surface area contributed by atoms with Gasteiger partial charge in [0, 0.05) is 19.3 Å². The number of nitrogens with zero attached hydrogens (tertiary/aromatic N) is 1. The predicted octanol–water partition coefficient (Wildman–Crippen LogP) is 5.43. The van der Waals surface area contributed by atoms with Crippen LogP contribution >= 0.6 is 11.3 Å². The van der Waals surface area contributed by atoms with Gasteiger partial charge in [0.15, 0.2) is 0 Å². The van der Waals surface area contributed by atoms with Crippen LogP contribution in [0, 0.1) is 6.92 Å². The molecule has 0 amide bonds. The summed E-state index contributed by atoms with van der Waals surface area (Å²) in [7, 11) is 0. The van der Waals surface area contributed by atoms with Crippen LogP contribution in [-0.4, -0.2) is 4.98 Å². The molecule has 0 bridgehead atoms. The number of rotatable bonds is 5. The second-order valence-corrected chi connectivity index (χ2v) is 6.90. The summed E-state index contributed by atoms with van der Waals surface area (Å²) in [6.45, 7) is 3.13. The molecule has 6 heteroatoms. The lowest BCUT2D eigenvalue weighted by Crippen LogP contribution is -2.12. The van der Waals surface area contributed by atoms with Gasteiger partial charge >= 0.3 is 6.18 Å². The van der Waals surface area contributed by atoms with Gasteiger partial charge in [0.1, 0.15) is 5.01 Å². The third kappa shape index (κ3) is 4.67. The Labute approximate surface area is 148 Å². The Morgan fingerprint density at radius 1 is 0.960 bits per heavy atom. The first-order valence-corrected chi connectivity index (χ1v) is 8.62. The van der Waals surface area contributed by atoms with Gasteiger partial charge in [0.2, 0.25) is 0 Å². The minimum absolute atomic E-state index is 0.498. The van der Waals surface area contributed by atoms with E-state index in [2.05, 4.69) is 34.6 Å². The van der Waals surface area contributed by atoms with Crippen LogP contribution < -0.4 is 5.32 Å². The average Bonchev–Trinajstić information content (AvgIpc) is 3.04. The average molecular weight is 362 g/mol. The van der Waals surface area contributed by atoms with E-state index in [1.54, 1.807) is 11.3 Å². The fourth-order valence-corrected chi connectivity index (χ4v) is 3.26. The van der Waals surface area contributed by atoms with Crippen molar-refractivity contribution in [2.24, 2.45) is 0 Å². The highest BCUT2D eigenvalue weighted by Gasteiger charge is 2.29. The van der Waals surface area contributed by atoms with Crippen LogP contribution in [0.25, 0.3) is 10.4 Å². The van der Waals surface area contributed by atoms with Crippen molar-refractivity contribution >= 4 is 11.3 Å². The molecule has 0 saturated heterocycles. The quantitative estimate of drug-likeness (QED) is 0.655. The molecule has 0 atom stereocenters. The minimum Gasteiger partial charge on any atom is -0.306 e. The molecule has 1 heterocycles. The lowest BCUT2D eigenvalue weighted by atomic mass is 10.1. The molecule has 25 heavy (non-hydrogen) atoms. The van der Waals surface area contributed by atoms with Gasteiger partial charge in [-0.1, -0.05) is 42.0 Å². The summed E-state index contributed by atoms with van der Waals surface area (Å²) in [5.74, 6) is 0. The molecule has 0 aliphatic heterocycles. The van der Waals surface area contributed by atoms with E-state index in [4.69, 9.17) is 0 Å². The van der Waals surface area contributed by atoms with E-state index >= 15 is 0 Å². The van der Waals surface area contributed by atoms with E-state index < -0.39 is 11.7 Å². The topological polar surface area (TPSA) is 24.9 Å². The van der Waals surface area contributed by atoms with Crippen molar-refractivity contribution in [2.45, 2.75) is 26.2 Å². The summed E-state index contributed by atoms with van der Waals surface area (Å²) in [4.78, 5) is 5.50. The number of aryl methyl sites for hydroxylation is 1. The fourth-order valence-electron chi connectivity index (χ4n) is 2.37. The Kier molecular flexibility index (Phi) is 5.20. The predicted molar refractivity (Wildman–Crippen MR) is 94.3 cm³/mol. The molecule has 0 fully saturated rings. The van der Waals surface area contributed by atoms with Crippen LogP contribution in [0.15, 0.2) is 54.7 Å². The van der Waals surface area contributed by atoms with Crippen LogP contribution in [-0.2, 0) is 19.3 Å². The number of halogens is 3. The number of hydrogen-bond acceptors (Lipinski definition) is 3. The Morgan fingerprint density at radius 3 is 2.28 bits per heavy atom. The molecule has 0 saturated carbocycles. The van der Waals surface area contributed by atoms with Gasteiger partial charge in [-0.2, -0.15) is 13.2 Å². The number of aromatic nitrogens is 1. The van der Waals surface area contributed by atoms with Crippen molar-refractivity contribution in [3.63, 3.8) is 0 Å². The normalized spacial score (nSPS) is 11.7. The van der Waals surface area contributed by atoms with Crippen LogP contribution in [0.4, 0.5) is 13.2 Å². The summed E-state index contributed by atoms with van der Waals surface area (Å²) >= 11 is 1.61. The van der Waals surface area contributed by atoms with E-state index in [1.807, 2.05) is 13.1 Å². The van der Waals surface area contributed by atoms with Gasteiger partial charge < -0.3 is 5.32 Å². The summed E-state index contributed by atoms with van der Waals surface area (Å²) in [6, 6.07) is 13.5. The Bertz CT molecular complexity index is 821. The molecule has 2 nitrogen and oxygen atoms in total. The van der Waals surface area contributed by atoms with Crippen molar-refractivity contribution in [1.82, 2.24) is 10.3 Å². The van der Waals surface area contributed by atoms with Crippen molar-refractivity contribution in [3.8, 4) is 10.4 Å². The third-order valence-electron chi connectivity index (χ3n) is 3.78. The molecule has 0 spiro atoms. The van der Waals surface area contributed by atoms with Crippen LogP contribution in [0.1, 0.15) is 21.7 Å². The molecule has 130 valence electrons. The summed E-state index contributed by atoms with van der Waals surface area (Å²) in [6.07, 6.45) is -2.44. The maximum Gasteiger partial charge on any atom is 0.416 e. The fraction of sp³-hybridized carbons (Fsp3) is 0.211. The Morgan fingerprint density at radius 2 is 1.64 bits per heavy atom. The highest BCUT2D eigenvalue weighted by Crippen LogP contribution is 2.29. The van der Waals surface area contributed by atoms with Gasteiger partial charge in [-0.3, -0.25) is 0 Å². The zero-order chi connectivity index (χ0) is 17.9. The highest BCUT2D eigenvalue weighted by atomic mass is 32.1. The third-order valence-corrected chi connectivity index (χ3v) is 4.82. The van der Waals surface area contributed by atoms with Crippen molar-refractivity contribution < 1.29 is 13.2 Å². The van der Waals surface area contributed by atoms with E-state index in [0.717, 1.165) is 33.1 Å². The number of benzene rings is 2. The monoisotopic (exact) mass is 362 g/mol. The number of hydrogen-bond donors (Lipinski definition) is 1. The molecular formula is C19H17F3N2S. The molecule has 1 N–H and O–H groups in total. The molecule has 2 aromatic carbocycles. The zero-order valence-electron chi connectivity index (χ0n) is 13.6. The van der Waals surface area contributed by atoms with Crippen LogP contribution in [0.3, 0.4) is 0 Å². The van der Waals surface area contributed by atoms with Crippen LogP contribution in [0.5, 0.6) is 0 Å². The van der Waals surface area contributed by atoms with Crippen molar-refractivity contribution in [1.29, 1.82) is 0 Å². The highest BCUT2D eigenvalue weighted by molar-refractivity contribution is 7.15. The van der Waals surface area contributed by atoms with Crippen molar-refractivity contribution in [2.75, 3.05) is 0 Å². The number of nitrogens with one attached hydrogen (secondary N) is 1. The zero-order valence-corrected chi connectivity index (χ0v) is 14.4. The lowest BCUT2D eigenvalue weighted by Gasteiger charge is -2.08. The van der Waals surface area contributed by atoms with Gasteiger partial charge in [-0.05, 0) is 30.2 Å². The Hall–Kier alpha value is -2.18. The summed E-state index contributed by atoms with van der Waals surface area (Å²) in [5, 5.41) is 4.16.